The smallest absolute Gasteiger partial charge is 0.272 e. The van der Waals surface area contributed by atoms with Gasteiger partial charge in [0, 0.05) is 38.1 Å². The van der Waals surface area contributed by atoms with Gasteiger partial charge in [-0.05, 0) is 11.6 Å². The molecule has 0 unspecified atom stereocenters. The van der Waals surface area contributed by atoms with E-state index in [-0.39, 0.29) is 17.9 Å². The standard InChI is InChI=1S/C23H24N4O2/c28-22(17-21-19-10-4-5-11-20(19)23(29)25-24-21)27-15-13-26(14-16-27)12-6-9-18-7-2-1-3-8-18/h1-11H,12-17H2,(H,25,29). The fraction of sp³-hybridized carbons (Fsp3) is 0.261. The van der Waals surface area contributed by atoms with E-state index in [0.29, 0.717) is 24.2 Å². The van der Waals surface area contributed by atoms with Crippen molar-refractivity contribution in [3.05, 3.63) is 82.3 Å². The molecule has 2 heterocycles. The Morgan fingerprint density at radius 1 is 0.966 bits per heavy atom. The van der Waals surface area contributed by atoms with E-state index in [1.165, 1.54) is 5.56 Å². The minimum atomic E-state index is -0.228. The van der Waals surface area contributed by atoms with E-state index >= 15 is 0 Å². The highest BCUT2D eigenvalue weighted by atomic mass is 16.2. The van der Waals surface area contributed by atoms with Crippen LogP contribution in [0.15, 0.2) is 65.5 Å². The Balaban J connectivity index is 1.32. The Kier molecular flexibility index (Phi) is 5.81. The molecule has 1 aromatic heterocycles. The van der Waals surface area contributed by atoms with E-state index in [0.717, 1.165) is 25.0 Å². The van der Waals surface area contributed by atoms with Crippen molar-refractivity contribution in [1.82, 2.24) is 20.0 Å². The molecule has 1 saturated heterocycles. The summed E-state index contributed by atoms with van der Waals surface area (Å²) in [6.45, 7) is 4.00. The van der Waals surface area contributed by atoms with E-state index in [1.54, 1.807) is 6.07 Å². The average Bonchev–Trinajstić information content (AvgIpc) is 2.77. The number of nitrogens with zero attached hydrogens (tertiary/aromatic N) is 3. The number of carbonyl (C=O) groups is 1. The number of fused-ring (bicyclic) bond motifs is 1. The molecule has 148 valence electrons. The maximum absolute atomic E-state index is 12.8. The number of hydrogen-bond acceptors (Lipinski definition) is 4. The minimum Gasteiger partial charge on any atom is -0.340 e. The third-order valence-electron chi connectivity index (χ3n) is 5.29. The molecule has 3 aromatic rings. The highest BCUT2D eigenvalue weighted by Crippen LogP contribution is 2.14. The van der Waals surface area contributed by atoms with Crippen LogP contribution in [0.25, 0.3) is 16.8 Å². The van der Waals surface area contributed by atoms with Gasteiger partial charge in [0.25, 0.3) is 5.56 Å². The number of aromatic nitrogens is 2. The Hall–Kier alpha value is -3.25. The largest absolute Gasteiger partial charge is 0.340 e. The number of piperazine rings is 1. The maximum Gasteiger partial charge on any atom is 0.272 e. The fourth-order valence-corrected chi connectivity index (χ4v) is 3.64. The predicted molar refractivity (Wildman–Crippen MR) is 115 cm³/mol. The first-order chi connectivity index (χ1) is 14.2. The topological polar surface area (TPSA) is 69.3 Å². The first-order valence-electron chi connectivity index (χ1n) is 9.89. The lowest BCUT2D eigenvalue weighted by atomic mass is 10.1. The van der Waals surface area contributed by atoms with Crippen molar-refractivity contribution in [3.63, 3.8) is 0 Å². The van der Waals surface area contributed by atoms with Gasteiger partial charge in [-0.2, -0.15) is 5.10 Å². The van der Waals surface area contributed by atoms with Gasteiger partial charge < -0.3 is 4.90 Å². The van der Waals surface area contributed by atoms with Crippen LogP contribution in [0.2, 0.25) is 0 Å². The summed E-state index contributed by atoms with van der Waals surface area (Å²) in [7, 11) is 0. The van der Waals surface area contributed by atoms with Gasteiger partial charge in [0.15, 0.2) is 0 Å². The quantitative estimate of drug-likeness (QED) is 0.728. The van der Waals surface area contributed by atoms with Crippen molar-refractivity contribution >= 4 is 22.8 Å². The Bertz CT molecular complexity index is 1070. The number of amides is 1. The first kappa shape index (κ1) is 19.1. The summed E-state index contributed by atoms with van der Waals surface area (Å²) in [5.41, 5.74) is 1.59. The van der Waals surface area contributed by atoms with Crippen LogP contribution in [0.3, 0.4) is 0 Å². The Morgan fingerprint density at radius 3 is 2.41 bits per heavy atom. The molecule has 1 fully saturated rings. The molecule has 0 atom stereocenters. The average molecular weight is 388 g/mol. The molecule has 0 bridgehead atoms. The lowest BCUT2D eigenvalue weighted by Crippen LogP contribution is -2.49. The van der Waals surface area contributed by atoms with E-state index in [4.69, 9.17) is 0 Å². The molecule has 1 aliphatic rings. The Morgan fingerprint density at radius 2 is 1.66 bits per heavy atom. The van der Waals surface area contributed by atoms with Crippen LogP contribution < -0.4 is 5.56 Å². The molecule has 1 N–H and O–H groups in total. The lowest BCUT2D eigenvalue weighted by Gasteiger charge is -2.34. The molecule has 29 heavy (non-hydrogen) atoms. The number of rotatable bonds is 5. The summed E-state index contributed by atoms with van der Waals surface area (Å²) in [5, 5.41) is 7.94. The van der Waals surface area contributed by atoms with Crippen molar-refractivity contribution in [2.75, 3.05) is 32.7 Å². The second-order valence-corrected chi connectivity index (χ2v) is 7.22. The molecule has 1 amide bonds. The second kappa shape index (κ2) is 8.84. The van der Waals surface area contributed by atoms with Crippen molar-refractivity contribution in [2.24, 2.45) is 0 Å². The molecule has 4 rings (SSSR count). The molecule has 0 saturated carbocycles. The number of nitrogens with one attached hydrogen (secondary N) is 1. The predicted octanol–water partition coefficient (Wildman–Crippen LogP) is 2.32. The zero-order chi connectivity index (χ0) is 20.1. The van der Waals surface area contributed by atoms with E-state index in [1.807, 2.05) is 41.3 Å². The summed E-state index contributed by atoms with van der Waals surface area (Å²) in [4.78, 5) is 28.9. The van der Waals surface area contributed by atoms with Gasteiger partial charge >= 0.3 is 0 Å². The molecular weight excluding hydrogens is 364 g/mol. The molecular formula is C23H24N4O2. The van der Waals surface area contributed by atoms with Crippen LogP contribution in [0.5, 0.6) is 0 Å². The molecule has 0 radical (unpaired) electrons. The van der Waals surface area contributed by atoms with E-state index in [9.17, 15) is 9.59 Å². The van der Waals surface area contributed by atoms with Crippen molar-refractivity contribution in [1.29, 1.82) is 0 Å². The SMILES string of the molecule is O=C(Cc1n[nH]c(=O)c2ccccc12)N1CCN(CC=Cc2ccccc2)CC1. The minimum absolute atomic E-state index is 0.0502. The lowest BCUT2D eigenvalue weighted by molar-refractivity contribution is -0.132. The molecule has 2 aromatic carbocycles. The third kappa shape index (κ3) is 4.60. The van der Waals surface area contributed by atoms with Gasteiger partial charge in [-0.1, -0.05) is 60.7 Å². The Labute approximate surface area is 169 Å². The molecule has 0 spiro atoms. The normalized spacial score (nSPS) is 15.2. The van der Waals surface area contributed by atoms with Crippen molar-refractivity contribution in [3.8, 4) is 0 Å². The summed E-state index contributed by atoms with van der Waals surface area (Å²) in [6.07, 6.45) is 4.50. The zero-order valence-electron chi connectivity index (χ0n) is 16.3. The van der Waals surface area contributed by atoms with Crippen LogP contribution in [-0.2, 0) is 11.2 Å². The number of H-pyrrole nitrogens is 1. The van der Waals surface area contributed by atoms with E-state index < -0.39 is 0 Å². The van der Waals surface area contributed by atoms with Gasteiger partial charge in [0.05, 0.1) is 17.5 Å². The van der Waals surface area contributed by atoms with Gasteiger partial charge in [0.2, 0.25) is 5.91 Å². The third-order valence-corrected chi connectivity index (χ3v) is 5.29. The summed E-state index contributed by atoms with van der Waals surface area (Å²) >= 11 is 0. The van der Waals surface area contributed by atoms with Gasteiger partial charge in [-0.25, -0.2) is 5.10 Å². The van der Waals surface area contributed by atoms with Crippen LogP contribution in [0, 0.1) is 0 Å². The first-order valence-corrected chi connectivity index (χ1v) is 9.89. The van der Waals surface area contributed by atoms with Crippen molar-refractivity contribution < 1.29 is 4.79 Å². The van der Waals surface area contributed by atoms with Gasteiger partial charge in [-0.3, -0.25) is 14.5 Å². The summed E-state index contributed by atoms with van der Waals surface area (Å²) in [5.74, 6) is 0.0502. The fourth-order valence-electron chi connectivity index (χ4n) is 3.64. The number of benzene rings is 2. The van der Waals surface area contributed by atoms with Gasteiger partial charge in [0.1, 0.15) is 0 Å². The molecule has 1 aliphatic heterocycles. The number of aromatic amines is 1. The second-order valence-electron chi connectivity index (χ2n) is 7.22. The van der Waals surface area contributed by atoms with Crippen LogP contribution in [-0.4, -0.2) is 58.6 Å². The summed E-state index contributed by atoms with van der Waals surface area (Å²) < 4.78 is 0. The number of hydrogen-bond donors (Lipinski definition) is 1. The monoisotopic (exact) mass is 388 g/mol. The van der Waals surface area contributed by atoms with Crippen LogP contribution in [0.1, 0.15) is 11.3 Å². The number of carbonyl (C=O) groups excluding carboxylic acids is 1. The molecule has 6 nitrogen and oxygen atoms in total. The highest BCUT2D eigenvalue weighted by Gasteiger charge is 2.21. The zero-order valence-corrected chi connectivity index (χ0v) is 16.3. The van der Waals surface area contributed by atoms with Gasteiger partial charge in [-0.15, -0.1) is 0 Å². The van der Waals surface area contributed by atoms with E-state index in [2.05, 4.69) is 39.4 Å². The van der Waals surface area contributed by atoms with Crippen LogP contribution in [0.4, 0.5) is 0 Å². The van der Waals surface area contributed by atoms with Crippen LogP contribution >= 0.6 is 0 Å². The maximum atomic E-state index is 12.8. The highest BCUT2D eigenvalue weighted by molar-refractivity contribution is 5.88. The summed E-state index contributed by atoms with van der Waals surface area (Å²) in [6, 6.07) is 17.5. The molecule has 6 heteroatoms. The van der Waals surface area contributed by atoms with Crippen molar-refractivity contribution in [2.45, 2.75) is 6.42 Å². The molecule has 0 aliphatic carbocycles.